The lowest BCUT2D eigenvalue weighted by molar-refractivity contribution is 0.292. The molecule has 7 nitrogen and oxygen atoms in total. The maximum atomic E-state index is 5.11. The van der Waals surface area contributed by atoms with E-state index in [2.05, 4.69) is 58.4 Å². The summed E-state index contributed by atoms with van der Waals surface area (Å²) < 4.78 is 5.11. The molecule has 24 heavy (non-hydrogen) atoms. The van der Waals surface area contributed by atoms with Crippen molar-refractivity contribution >= 4 is 5.96 Å². The van der Waals surface area contributed by atoms with E-state index >= 15 is 0 Å². The third-order valence-electron chi connectivity index (χ3n) is 3.90. The number of nitrogens with one attached hydrogen (secondary N) is 2. The van der Waals surface area contributed by atoms with Crippen LogP contribution in [-0.2, 0) is 6.42 Å². The molecule has 1 heterocycles. The van der Waals surface area contributed by atoms with E-state index in [4.69, 9.17) is 4.52 Å². The summed E-state index contributed by atoms with van der Waals surface area (Å²) in [5.41, 5.74) is 0. The fraction of sp³-hybridized carbons (Fsp3) is 0.824. The highest BCUT2D eigenvalue weighted by Gasteiger charge is 2.07. The summed E-state index contributed by atoms with van der Waals surface area (Å²) in [5.74, 6) is 2.16. The summed E-state index contributed by atoms with van der Waals surface area (Å²) in [7, 11) is 0. The molecule has 7 heteroatoms. The summed E-state index contributed by atoms with van der Waals surface area (Å²) in [6.07, 6.45) is 2.98. The van der Waals surface area contributed by atoms with Crippen molar-refractivity contribution in [3.8, 4) is 0 Å². The van der Waals surface area contributed by atoms with Crippen molar-refractivity contribution in [3.63, 3.8) is 0 Å². The highest BCUT2D eigenvalue weighted by atomic mass is 16.5. The Bertz CT molecular complexity index is 469. The van der Waals surface area contributed by atoms with Crippen LogP contribution in [0.4, 0.5) is 0 Å². The van der Waals surface area contributed by atoms with E-state index in [9.17, 15) is 0 Å². The molecule has 0 spiro atoms. The number of aliphatic imine (C=N–C) groups is 1. The number of aromatic nitrogens is 2. The van der Waals surface area contributed by atoms with Gasteiger partial charge in [-0.15, -0.1) is 0 Å². The molecule has 0 aliphatic rings. The second-order valence-electron chi connectivity index (χ2n) is 5.96. The lowest BCUT2D eigenvalue weighted by Crippen LogP contribution is -2.42. The average molecular weight is 339 g/mol. The topological polar surface area (TPSA) is 78.6 Å². The van der Waals surface area contributed by atoms with Gasteiger partial charge < -0.3 is 20.1 Å². The minimum atomic E-state index is 0.393. The summed E-state index contributed by atoms with van der Waals surface area (Å²) in [5, 5.41) is 10.6. The van der Waals surface area contributed by atoms with E-state index in [0.717, 1.165) is 38.6 Å². The van der Waals surface area contributed by atoms with Crippen LogP contribution in [-0.4, -0.2) is 59.8 Å². The van der Waals surface area contributed by atoms with Crippen LogP contribution in [0.5, 0.6) is 0 Å². The van der Waals surface area contributed by atoms with Gasteiger partial charge >= 0.3 is 0 Å². The van der Waals surface area contributed by atoms with Crippen LogP contribution in [0.1, 0.15) is 52.3 Å². The molecule has 0 saturated heterocycles. The molecule has 0 radical (unpaired) electrons. The molecule has 1 aromatic rings. The lowest BCUT2D eigenvalue weighted by atomic mass is 10.2. The van der Waals surface area contributed by atoms with E-state index in [1.165, 1.54) is 6.42 Å². The molecule has 0 amide bonds. The number of aryl methyl sites for hydroxylation is 1. The zero-order chi connectivity index (χ0) is 17.8. The van der Waals surface area contributed by atoms with Crippen molar-refractivity contribution in [1.82, 2.24) is 25.7 Å². The Morgan fingerprint density at radius 3 is 2.62 bits per heavy atom. The van der Waals surface area contributed by atoms with Gasteiger partial charge in [0.2, 0.25) is 5.89 Å². The Labute approximate surface area is 146 Å². The van der Waals surface area contributed by atoms with Gasteiger partial charge in [0.1, 0.15) is 0 Å². The first kappa shape index (κ1) is 20.4. The lowest BCUT2D eigenvalue weighted by Gasteiger charge is -2.21. The number of hydrogen-bond acceptors (Lipinski definition) is 5. The highest BCUT2D eigenvalue weighted by molar-refractivity contribution is 5.80. The Morgan fingerprint density at radius 1 is 1.29 bits per heavy atom. The van der Waals surface area contributed by atoms with Crippen LogP contribution in [0.3, 0.4) is 0 Å². The maximum Gasteiger partial charge on any atom is 0.228 e. The molecule has 0 aromatic carbocycles. The monoisotopic (exact) mass is 338 g/mol. The molecule has 0 aliphatic heterocycles. The smallest absolute Gasteiger partial charge is 0.228 e. The standard InChI is InChI=1S/C17H34N6O/c1-6-18-17(19-12-11-16-21-15(5)22-24-16)20-14(4)10-9-13-23(7-2)8-3/h14H,6-13H2,1-5H3,(H2,18,19,20). The molecule has 1 aromatic heterocycles. The van der Waals surface area contributed by atoms with Crippen molar-refractivity contribution in [3.05, 3.63) is 11.7 Å². The van der Waals surface area contributed by atoms with E-state index in [0.29, 0.717) is 30.7 Å². The van der Waals surface area contributed by atoms with Gasteiger partial charge in [-0.3, -0.25) is 4.99 Å². The SMILES string of the molecule is CCNC(=NCCc1nc(C)no1)NC(C)CCCN(CC)CC. The van der Waals surface area contributed by atoms with Gasteiger partial charge in [-0.05, 0) is 53.2 Å². The summed E-state index contributed by atoms with van der Waals surface area (Å²) in [4.78, 5) is 11.2. The van der Waals surface area contributed by atoms with Crippen LogP contribution in [0.15, 0.2) is 9.52 Å². The largest absolute Gasteiger partial charge is 0.357 e. The molecular formula is C17H34N6O. The van der Waals surface area contributed by atoms with Gasteiger partial charge in [0.05, 0.1) is 6.54 Å². The van der Waals surface area contributed by atoms with Crippen molar-refractivity contribution < 1.29 is 4.52 Å². The second kappa shape index (κ2) is 11.8. The molecule has 138 valence electrons. The summed E-state index contributed by atoms with van der Waals surface area (Å²) in [6.45, 7) is 15.4. The zero-order valence-corrected chi connectivity index (χ0v) is 15.9. The predicted molar refractivity (Wildman–Crippen MR) is 98.3 cm³/mol. The van der Waals surface area contributed by atoms with Crippen molar-refractivity contribution in [2.45, 2.75) is 59.9 Å². The Morgan fingerprint density at radius 2 is 2.04 bits per heavy atom. The number of guanidine groups is 1. The minimum Gasteiger partial charge on any atom is -0.357 e. The average Bonchev–Trinajstić information content (AvgIpc) is 2.97. The number of nitrogens with zero attached hydrogens (tertiary/aromatic N) is 4. The third-order valence-corrected chi connectivity index (χ3v) is 3.90. The fourth-order valence-corrected chi connectivity index (χ4v) is 2.49. The molecule has 1 unspecified atom stereocenters. The van der Waals surface area contributed by atoms with Gasteiger partial charge in [0.15, 0.2) is 11.8 Å². The minimum absolute atomic E-state index is 0.393. The molecule has 0 saturated carbocycles. The Balaban J connectivity index is 2.35. The maximum absolute atomic E-state index is 5.11. The number of hydrogen-bond donors (Lipinski definition) is 2. The van der Waals surface area contributed by atoms with E-state index in [1.54, 1.807) is 0 Å². The normalized spacial score (nSPS) is 13.3. The first-order valence-corrected chi connectivity index (χ1v) is 9.15. The molecule has 0 bridgehead atoms. The summed E-state index contributed by atoms with van der Waals surface area (Å²) >= 11 is 0. The zero-order valence-electron chi connectivity index (χ0n) is 15.9. The van der Waals surface area contributed by atoms with Gasteiger partial charge in [-0.2, -0.15) is 4.98 Å². The molecule has 0 fully saturated rings. The van der Waals surface area contributed by atoms with E-state index in [1.807, 2.05) is 6.92 Å². The molecule has 1 rings (SSSR count). The van der Waals surface area contributed by atoms with Crippen LogP contribution < -0.4 is 10.6 Å². The van der Waals surface area contributed by atoms with Crippen LogP contribution >= 0.6 is 0 Å². The quantitative estimate of drug-likeness (QED) is 0.474. The number of rotatable bonds is 11. The molecule has 1 atom stereocenters. The fourth-order valence-electron chi connectivity index (χ4n) is 2.49. The highest BCUT2D eigenvalue weighted by Crippen LogP contribution is 2.00. The van der Waals surface area contributed by atoms with Gasteiger partial charge in [-0.1, -0.05) is 19.0 Å². The van der Waals surface area contributed by atoms with Crippen molar-refractivity contribution in [1.29, 1.82) is 0 Å². The molecule has 2 N–H and O–H groups in total. The Hall–Kier alpha value is -1.63. The van der Waals surface area contributed by atoms with Crippen molar-refractivity contribution in [2.24, 2.45) is 4.99 Å². The van der Waals surface area contributed by atoms with E-state index < -0.39 is 0 Å². The van der Waals surface area contributed by atoms with Crippen LogP contribution in [0.2, 0.25) is 0 Å². The van der Waals surface area contributed by atoms with Gasteiger partial charge in [-0.25, -0.2) is 0 Å². The van der Waals surface area contributed by atoms with Gasteiger partial charge in [0.25, 0.3) is 0 Å². The summed E-state index contributed by atoms with van der Waals surface area (Å²) in [6, 6.07) is 0.393. The Kier molecular flexibility index (Phi) is 10.1. The third kappa shape index (κ3) is 8.29. The molecule has 0 aliphatic carbocycles. The van der Waals surface area contributed by atoms with Crippen LogP contribution in [0.25, 0.3) is 0 Å². The van der Waals surface area contributed by atoms with E-state index in [-0.39, 0.29) is 0 Å². The van der Waals surface area contributed by atoms with Crippen LogP contribution in [0, 0.1) is 6.92 Å². The van der Waals surface area contributed by atoms with Crippen molar-refractivity contribution in [2.75, 3.05) is 32.7 Å². The molecular weight excluding hydrogens is 304 g/mol. The predicted octanol–water partition coefficient (Wildman–Crippen LogP) is 1.99. The first-order valence-electron chi connectivity index (χ1n) is 9.15. The first-order chi connectivity index (χ1) is 11.6. The van der Waals surface area contributed by atoms with Gasteiger partial charge in [0, 0.05) is 19.0 Å². The second-order valence-corrected chi connectivity index (χ2v) is 5.96.